The van der Waals surface area contributed by atoms with Crippen molar-refractivity contribution in [2.24, 2.45) is 11.3 Å². The SMILES string of the molecule is CN1CCCN(C(=O)C2CC23CCN(CC(Cl)=Cc2ccccc2)CC3)CC1. The summed E-state index contributed by atoms with van der Waals surface area (Å²) in [5.74, 6) is 0.694. The highest BCUT2D eigenvalue weighted by Crippen LogP contribution is 2.60. The highest BCUT2D eigenvalue weighted by Gasteiger charge is 2.59. The molecule has 1 spiro atoms. The van der Waals surface area contributed by atoms with Crippen molar-refractivity contribution in [1.29, 1.82) is 0 Å². The summed E-state index contributed by atoms with van der Waals surface area (Å²) in [6.07, 6.45) is 6.52. The van der Waals surface area contributed by atoms with Gasteiger partial charge in [0.1, 0.15) is 0 Å². The molecule has 1 aromatic rings. The van der Waals surface area contributed by atoms with Crippen LogP contribution in [0.1, 0.15) is 31.2 Å². The van der Waals surface area contributed by atoms with Crippen molar-refractivity contribution < 1.29 is 4.79 Å². The van der Waals surface area contributed by atoms with Crippen molar-refractivity contribution >= 4 is 23.6 Å². The van der Waals surface area contributed by atoms with Crippen molar-refractivity contribution in [3.8, 4) is 0 Å². The molecule has 1 unspecified atom stereocenters. The number of benzene rings is 1. The van der Waals surface area contributed by atoms with Gasteiger partial charge >= 0.3 is 0 Å². The summed E-state index contributed by atoms with van der Waals surface area (Å²) in [5.41, 5.74) is 1.43. The Kier molecular flexibility index (Phi) is 6.10. The number of piperidine rings is 1. The Morgan fingerprint density at radius 2 is 1.86 bits per heavy atom. The van der Waals surface area contributed by atoms with Crippen LogP contribution in [0.25, 0.3) is 6.08 Å². The monoisotopic (exact) mass is 401 g/mol. The first-order chi connectivity index (χ1) is 13.6. The fraction of sp³-hybridized carbons (Fsp3) is 0.609. The average molecular weight is 402 g/mol. The minimum atomic E-state index is 0.272. The molecule has 0 aromatic heterocycles. The second kappa shape index (κ2) is 8.56. The lowest BCUT2D eigenvalue weighted by atomic mass is 9.90. The molecular weight excluding hydrogens is 370 g/mol. The molecule has 1 amide bonds. The number of nitrogens with zero attached hydrogens (tertiary/aromatic N) is 3. The first-order valence-electron chi connectivity index (χ1n) is 10.7. The Balaban J connectivity index is 1.26. The molecule has 2 saturated heterocycles. The molecule has 2 heterocycles. The average Bonchev–Trinajstić information content (AvgIpc) is 3.44. The minimum absolute atomic E-state index is 0.272. The van der Waals surface area contributed by atoms with E-state index in [4.69, 9.17) is 11.6 Å². The molecule has 3 aliphatic rings. The number of likely N-dealkylation sites (N-methyl/N-ethyl adjacent to an activating group) is 1. The van der Waals surface area contributed by atoms with Gasteiger partial charge in [0.2, 0.25) is 5.91 Å². The molecule has 1 aliphatic carbocycles. The fourth-order valence-corrected chi connectivity index (χ4v) is 5.18. The summed E-state index contributed by atoms with van der Waals surface area (Å²) in [7, 11) is 2.15. The van der Waals surface area contributed by atoms with E-state index in [-0.39, 0.29) is 11.3 Å². The van der Waals surface area contributed by atoms with E-state index in [9.17, 15) is 4.79 Å². The van der Waals surface area contributed by atoms with E-state index in [1.54, 1.807) is 0 Å². The number of rotatable bonds is 4. The zero-order valence-electron chi connectivity index (χ0n) is 16.9. The second-order valence-corrected chi connectivity index (χ2v) is 9.36. The fourth-order valence-electron chi connectivity index (χ4n) is 4.88. The van der Waals surface area contributed by atoms with E-state index in [2.05, 4.69) is 40.0 Å². The molecular formula is C23H32ClN3O. The summed E-state index contributed by atoms with van der Waals surface area (Å²) in [6, 6.07) is 10.2. The van der Waals surface area contributed by atoms with Crippen LogP contribution in [0.2, 0.25) is 0 Å². The number of carbonyl (C=O) groups is 1. The van der Waals surface area contributed by atoms with Gasteiger partial charge < -0.3 is 9.80 Å². The third-order valence-corrected chi connectivity index (χ3v) is 7.10. The maximum atomic E-state index is 13.0. The van der Waals surface area contributed by atoms with E-state index in [0.717, 1.165) is 82.1 Å². The summed E-state index contributed by atoms with van der Waals surface area (Å²) < 4.78 is 0. The van der Waals surface area contributed by atoms with Crippen LogP contribution in [0, 0.1) is 11.3 Å². The van der Waals surface area contributed by atoms with Gasteiger partial charge in [-0.05, 0) is 69.4 Å². The standard InChI is InChI=1S/C23H32ClN3O/c1-25-10-5-11-27(15-14-25)22(28)21-17-23(21)8-12-26(13-9-23)18-20(24)16-19-6-3-2-4-7-19/h2-4,6-7,16,21H,5,8-15,17-18H2,1H3. The molecule has 0 N–H and O–H groups in total. The molecule has 4 rings (SSSR count). The van der Waals surface area contributed by atoms with Crippen LogP contribution in [-0.2, 0) is 4.79 Å². The third kappa shape index (κ3) is 4.61. The summed E-state index contributed by atoms with van der Waals surface area (Å²) in [5, 5.41) is 0.888. The normalized spacial score (nSPS) is 26.3. The molecule has 2 aliphatic heterocycles. The molecule has 3 fully saturated rings. The molecule has 152 valence electrons. The van der Waals surface area contributed by atoms with E-state index in [1.807, 2.05) is 18.2 Å². The van der Waals surface area contributed by atoms with Crippen molar-refractivity contribution in [1.82, 2.24) is 14.7 Å². The lowest BCUT2D eigenvalue weighted by molar-refractivity contribution is -0.133. The van der Waals surface area contributed by atoms with E-state index >= 15 is 0 Å². The topological polar surface area (TPSA) is 26.8 Å². The van der Waals surface area contributed by atoms with Crippen LogP contribution in [0.15, 0.2) is 35.4 Å². The zero-order chi connectivity index (χ0) is 19.6. The smallest absolute Gasteiger partial charge is 0.226 e. The Bertz CT molecular complexity index is 712. The summed E-state index contributed by atoms with van der Waals surface area (Å²) in [4.78, 5) is 19.9. The molecule has 0 bridgehead atoms. The maximum absolute atomic E-state index is 13.0. The number of likely N-dealkylation sites (tertiary alicyclic amines) is 1. The molecule has 5 heteroatoms. The molecule has 1 atom stereocenters. The molecule has 1 aromatic carbocycles. The van der Waals surface area contributed by atoms with Gasteiger partial charge in [-0.1, -0.05) is 41.9 Å². The van der Waals surface area contributed by atoms with Crippen LogP contribution in [0.4, 0.5) is 0 Å². The molecule has 28 heavy (non-hydrogen) atoms. The van der Waals surface area contributed by atoms with Gasteiger partial charge in [0, 0.05) is 37.1 Å². The van der Waals surface area contributed by atoms with Crippen molar-refractivity contribution in [3.63, 3.8) is 0 Å². The lowest BCUT2D eigenvalue weighted by Crippen LogP contribution is -2.40. The number of hydrogen-bond acceptors (Lipinski definition) is 3. The van der Waals surface area contributed by atoms with E-state index in [0.29, 0.717) is 5.91 Å². The largest absolute Gasteiger partial charge is 0.341 e. The van der Waals surface area contributed by atoms with Gasteiger partial charge in [-0.3, -0.25) is 9.69 Å². The predicted molar refractivity (Wildman–Crippen MR) is 115 cm³/mol. The van der Waals surface area contributed by atoms with Crippen LogP contribution in [-0.4, -0.2) is 73.5 Å². The van der Waals surface area contributed by atoms with Gasteiger partial charge in [-0.25, -0.2) is 0 Å². The minimum Gasteiger partial charge on any atom is -0.341 e. The van der Waals surface area contributed by atoms with Crippen molar-refractivity contribution in [2.45, 2.75) is 25.7 Å². The second-order valence-electron chi connectivity index (χ2n) is 8.88. The van der Waals surface area contributed by atoms with E-state index in [1.165, 1.54) is 0 Å². The number of carbonyl (C=O) groups excluding carboxylic acids is 1. The third-order valence-electron chi connectivity index (χ3n) is 6.87. The van der Waals surface area contributed by atoms with Gasteiger partial charge in [-0.2, -0.15) is 0 Å². The predicted octanol–water partition coefficient (Wildman–Crippen LogP) is 3.53. The summed E-state index contributed by atoms with van der Waals surface area (Å²) in [6.45, 7) is 6.84. The van der Waals surface area contributed by atoms with Crippen molar-refractivity contribution in [3.05, 3.63) is 40.9 Å². The molecule has 0 radical (unpaired) electrons. The zero-order valence-corrected chi connectivity index (χ0v) is 17.7. The highest BCUT2D eigenvalue weighted by molar-refractivity contribution is 6.31. The number of halogens is 1. The molecule has 4 nitrogen and oxygen atoms in total. The van der Waals surface area contributed by atoms with E-state index < -0.39 is 0 Å². The van der Waals surface area contributed by atoms with Gasteiger partial charge in [0.05, 0.1) is 0 Å². The Labute approximate surface area is 174 Å². The first-order valence-corrected chi connectivity index (χ1v) is 11.0. The Morgan fingerprint density at radius 3 is 2.61 bits per heavy atom. The van der Waals surface area contributed by atoms with Crippen LogP contribution >= 0.6 is 11.6 Å². The highest BCUT2D eigenvalue weighted by atomic mass is 35.5. The molecule has 1 saturated carbocycles. The quantitative estimate of drug-likeness (QED) is 0.772. The summed E-state index contributed by atoms with van der Waals surface area (Å²) >= 11 is 6.50. The van der Waals surface area contributed by atoms with Gasteiger partial charge in [-0.15, -0.1) is 0 Å². The van der Waals surface area contributed by atoms with Crippen molar-refractivity contribution in [2.75, 3.05) is 52.9 Å². The van der Waals surface area contributed by atoms with Crippen LogP contribution in [0.5, 0.6) is 0 Å². The Morgan fingerprint density at radius 1 is 1.11 bits per heavy atom. The van der Waals surface area contributed by atoms with Crippen LogP contribution < -0.4 is 0 Å². The lowest BCUT2D eigenvalue weighted by Gasteiger charge is -2.33. The number of hydrogen-bond donors (Lipinski definition) is 0. The Hall–Kier alpha value is -1.36. The maximum Gasteiger partial charge on any atom is 0.226 e. The van der Waals surface area contributed by atoms with Gasteiger partial charge in [0.15, 0.2) is 0 Å². The van der Waals surface area contributed by atoms with Crippen LogP contribution in [0.3, 0.4) is 0 Å². The first kappa shape index (κ1) is 19.9. The number of amides is 1. The van der Waals surface area contributed by atoms with Gasteiger partial charge in [0.25, 0.3) is 0 Å².